The molecule has 0 saturated carbocycles. The highest BCUT2D eigenvalue weighted by Gasteiger charge is 2.09. The predicted octanol–water partition coefficient (Wildman–Crippen LogP) is 3.96. The Morgan fingerprint density at radius 2 is 2.05 bits per heavy atom. The molecule has 20 heavy (non-hydrogen) atoms. The lowest BCUT2D eigenvalue weighted by atomic mass is 10.0. The van der Waals surface area contributed by atoms with Crippen LogP contribution in [0, 0.1) is 5.92 Å². The van der Waals surface area contributed by atoms with Crippen molar-refractivity contribution in [3.8, 4) is 0 Å². The Kier molecular flexibility index (Phi) is 7.24. The van der Waals surface area contributed by atoms with Crippen molar-refractivity contribution in [3.05, 3.63) is 23.2 Å². The lowest BCUT2D eigenvalue weighted by Gasteiger charge is -2.15. The minimum Gasteiger partial charge on any atom is -0.398 e. The second kappa shape index (κ2) is 8.42. The van der Waals surface area contributed by atoms with Crippen molar-refractivity contribution in [1.82, 2.24) is 5.32 Å². The van der Waals surface area contributed by atoms with E-state index in [9.17, 15) is 4.79 Å². The molecule has 1 aromatic carbocycles. The molecule has 0 aliphatic rings. The predicted molar refractivity (Wildman–Crippen MR) is 88.3 cm³/mol. The second-order valence-corrected chi connectivity index (χ2v) is 6.86. The average molecular weight is 315 g/mol. The molecule has 1 atom stereocenters. The van der Waals surface area contributed by atoms with Crippen LogP contribution in [-0.4, -0.2) is 17.7 Å². The van der Waals surface area contributed by atoms with E-state index in [1.165, 1.54) is 11.8 Å². The number of thioether (sulfide) groups is 1. The number of nitrogen functional groups attached to an aromatic ring is 1. The first-order chi connectivity index (χ1) is 9.38. The number of hydrogen-bond donors (Lipinski definition) is 2. The molecule has 112 valence electrons. The maximum absolute atomic E-state index is 11.9. The van der Waals surface area contributed by atoms with E-state index in [1.54, 1.807) is 12.1 Å². The molecule has 1 aromatic rings. The highest BCUT2D eigenvalue weighted by Crippen LogP contribution is 2.27. The van der Waals surface area contributed by atoms with Crippen molar-refractivity contribution in [2.24, 2.45) is 5.92 Å². The number of carbonyl (C=O) groups excluding carboxylic acids is 1. The highest BCUT2D eigenvalue weighted by atomic mass is 35.5. The van der Waals surface area contributed by atoms with Crippen molar-refractivity contribution in [1.29, 1.82) is 0 Å². The third-order valence-electron chi connectivity index (χ3n) is 2.92. The average Bonchev–Trinajstić information content (AvgIpc) is 2.35. The molecule has 1 amide bonds. The quantitative estimate of drug-likeness (QED) is 0.591. The number of amides is 1. The molecular weight excluding hydrogens is 292 g/mol. The van der Waals surface area contributed by atoms with E-state index < -0.39 is 0 Å². The summed E-state index contributed by atoms with van der Waals surface area (Å²) in [6, 6.07) is 5.54. The Bertz CT molecular complexity index is 451. The Morgan fingerprint density at radius 1 is 1.35 bits per heavy atom. The van der Waals surface area contributed by atoms with Gasteiger partial charge in [-0.15, -0.1) is 11.8 Å². The van der Waals surface area contributed by atoms with Gasteiger partial charge in [0.05, 0.1) is 5.75 Å². The third kappa shape index (κ3) is 6.53. The summed E-state index contributed by atoms with van der Waals surface area (Å²) in [4.78, 5) is 12.7. The van der Waals surface area contributed by atoms with Gasteiger partial charge in [0.1, 0.15) is 0 Å². The van der Waals surface area contributed by atoms with Gasteiger partial charge >= 0.3 is 0 Å². The summed E-state index contributed by atoms with van der Waals surface area (Å²) in [6.07, 6.45) is 2.13. The lowest BCUT2D eigenvalue weighted by Crippen LogP contribution is -2.34. The summed E-state index contributed by atoms with van der Waals surface area (Å²) in [5.41, 5.74) is 6.47. The molecule has 3 N–H and O–H groups in total. The van der Waals surface area contributed by atoms with Gasteiger partial charge in [0, 0.05) is 21.6 Å². The van der Waals surface area contributed by atoms with Crippen LogP contribution in [0.4, 0.5) is 5.69 Å². The van der Waals surface area contributed by atoms with Crippen LogP contribution in [0.3, 0.4) is 0 Å². The van der Waals surface area contributed by atoms with Crippen LogP contribution in [0.5, 0.6) is 0 Å². The van der Waals surface area contributed by atoms with Gasteiger partial charge in [0.15, 0.2) is 0 Å². The van der Waals surface area contributed by atoms with Gasteiger partial charge in [0.25, 0.3) is 0 Å². The van der Waals surface area contributed by atoms with Crippen molar-refractivity contribution in [2.75, 3.05) is 11.5 Å². The van der Waals surface area contributed by atoms with Crippen LogP contribution in [0.2, 0.25) is 5.02 Å². The van der Waals surface area contributed by atoms with Crippen molar-refractivity contribution in [3.63, 3.8) is 0 Å². The number of carbonyl (C=O) groups is 1. The molecular formula is C15H23ClN2OS. The zero-order chi connectivity index (χ0) is 15.1. The summed E-state index contributed by atoms with van der Waals surface area (Å²) >= 11 is 7.27. The Labute approximate surface area is 130 Å². The molecule has 0 saturated heterocycles. The van der Waals surface area contributed by atoms with Crippen LogP contribution in [0.25, 0.3) is 0 Å². The molecule has 0 spiro atoms. The van der Waals surface area contributed by atoms with E-state index >= 15 is 0 Å². The Morgan fingerprint density at radius 3 is 2.65 bits per heavy atom. The van der Waals surface area contributed by atoms with E-state index in [4.69, 9.17) is 17.3 Å². The van der Waals surface area contributed by atoms with E-state index in [0.29, 0.717) is 22.4 Å². The topological polar surface area (TPSA) is 55.1 Å². The number of hydrogen-bond acceptors (Lipinski definition) is 3. The monoisotopic (exact) mass is 314 g/mol. The molecule has 0 fully saturated rings. The molecule has 0 heterocycles. The standard InChI is InChI=1S/C15H23ClN2OS/c1-10(2)4-5-11(3)18-15(19)9-20-14-7-6-12(16)8-13(14)17/h6-8,10-11H,4-5,9,17H2,1-3H3,(H,18,19). The molecule has 0 aliphatic heterocycles. The first kappa shape index (κ1) is 17.2. The fourth-order valence-electron chi connectivity index (χ4n) is 1.77. The number of nitrogens with one attached hydrogen (secondary N) is 1. The summed E-state index contributed by atoms with van der Waals surface area (Å²) in [5.74, 6) is 1.08. The van der Waals surface area contributed by atoms with Gasteiger partial charge in [-0.1, -0.05) is 25.4 Å². The van der Waals surface area contributed by atoms with Crippen LogP contribution >= 0.6 is 23.4 Å². The molecule has 0 aliphatic carbocycles. The van der Waals surface area contributed by atoms with Crippen LogP contribution in [-0.2, 0) is 4.79 Å². The smallest absolute Gasteiger partial charge is 0.230 e. The number of nitrogens with two attached hydrogens (primary N) is 1. The Balaban J connectivity index is 2.36. The number of halogens is 1. The number of anilines is 1. The summed E-state index contributed by atoms with van der Waals surface area (Å²) in [7, 11) is 0. The molecule has 0 aromatic heterocycles. The highest BCUT2D eigenvalue weighted by molar-refractivity contribution is 8.00. The molecule has 1 rings (SSSR count). The lowest BCUT2D eigenvalue weighted by molar-refractivity contribution is -0.119. The van der Waals surface area contributed by atoms with Crippen LogP contribution in [0.1, 0.15) is 33.6 Å². The normalized spacial score (nSPS) is 12.4. The number of benzene rings is 1. The summed E-state index contributed by atoms with van der Waals surface area (Å²) < 4.78 is 0. The molecule has 0 bridgehead atoms. The van der Waals surface area contributed by atoms with E-state index in [1.807, 2.05) is 13.0 Å². The minimum atomic E-state index is 0.0422. The van der Waals surface area contributed by atoms with Gasteiger partial charge < -0.3 is 11.1 Å². The van der Waals surface area contributed by atoms with Crippen molar-refractivity contribution < 1.29 is 4.79 Å². The van der Waals surface area contributed by atoms with Gasteiger partial charge in [-0.2, -0.15) is 0 Å². The van der Waals surface area contributed by atoms with Crippen LogP contribution in [0.15, 0.2) is 23.1 Å². The molecule has 0 radical (unpaired) electrons. The zero-order valence-electron chi connectivity index (χ0n) is 12.3. The van der Waals surface area contributed by atoms with Crippen LogP contribution < -0.4 is 11.1 Å². The fraction of sp³-hybridized carbons (Fsp3) is 0.533. The second-order valence-electron chi connectivity index (χ2n) is 5.41. The van der Waals surface area contributed by atoms with Gasteiger partial charge in [-0.05, 0) is 43.9 Å². The maximum Gasteiger partial charge on any atom is 0.230 e. The van der Waals surface area contributed by atoms with Gasteiger partial charge in [-0.3, -0.25) is 4.79 Å². The van der Waals surface area contributed by atoms with Gasteiger partial charge in [0.2, 0.25) is 5.91 Å². The van der Waals surface area contributed by atoms with E-state index in [-0.39, 0.29) is 11.9 Å². The SMILES string of the molecule is CC(C)CCC(C)NC(=O)CSc1ccc(Cl)cc1N. The summed E-state index contributed by atoms with van der Waals surface area (Å²) in [6.45, 7) is 6.42. The fourth-order valence-corrected chi connectivity index (χ4v) is 2.71. The zero-order valence-corrected chi connectivity index (χ0v) is 13.9. The van der Waals surface area contributed by atoms with E-state index in [2.05, 4.69) is 19.2 Å². The summed E-state index contributed by atoms with van der Waals surface area (Å²) in [5, 5.41) is 3.62. The number of rotatable bonds is 7. The first-order valence-corrected chi connectivity index (χ1v) is 8.22. The molecule has 3 nitrogen and oxygen atoms in total. The minimum absolute atomic E-state index is 0.0422. The van der Waals surface area contributed by atoms with E-state index in [0.717, 1.165) is 17.7 Å². The maximum atomic E-state index is 11.9. The molecule has 1 unspecified atom stereocenters. The Hall–Kier alpha value is -0.870. The van der Waals surface area contributed by atoms with Crippen molar-refractivity contribution >= 4 is 35.0 Å². The third-order valence-corrected chi connectivity index (χ3v) is 4.24. The van der Waals surface area contributed by atoms with Gasteiger partial charge in [-0.25, -0.2) is 0 Å². The largest absolute Gasteiger partial charge is 0.398 e. The first-order valence-electron chi connectivity index (χ1n) is 6.85. The molecule has 5 heteroatoms. The van der Waals surface area contributed by atoms with Crippen molar-refractivity contribution in [2.45, 2.75) is 44.6 Å².